The van der Waals surface area contributed by atoms with Gasteiger partial charge in [-0.25, -0.2) is 13.1 Å². The Balaban J connectivity index is 1.92. The minimum Gasteiger partial charge on any atom is -0.311 e. The Morgan fingerprint density at radius 2 is 1.95 bits per heavy atom. The molecule has 6 heteroatoms. The number of nitrogens with zero attached hydrogens (tertiary/aromatic N) is 1. The third-order valence-electron chi connectivity index (χ3n) is 2.72. The standard InChI is InChI=1S/C13H17N3O2S/c1-19(17,18)16-9-8-14-10-11-6-7-15-13-5-3-2-4-12(11)13/h2-7,14,16H,8-10H2,1H3. The Kier molecular flexibility index (Phi) is 4.47. The Labute approximate surface area is 113 Å². The molecule has 0 atom stereocenters. The highest BCUT2D eigenvalue weighted by Gasteiger charge is 2.01. The summed E-state index contributed by atoms with van der Waals surface area (Å²) in [6.07, 6.45) is 2.94. The van der Waals surface area contributed by atoms with Crippen molar-refractivity contribution in [2.45, 2.75) is 6.54 Å². The number of hydrogen-bond acceptors (Lipinski definition) is 4. The van der Waals surface area contributed by atoms with E-state index in [-0.39, 0.29) is 0 Å². The molecule has 5 nitrogen and oxygen atoms in total. The van der Waals surface area contributed by atoms with Crippen molar-refractivity contribution >= 4 is 20.9 Å². The molecule has 0 aliphatic carbocycles. The molecule has 1 aromatic carbocycles. The van der Waals surface area contributed by atoms with Crippen molar-refractivity contribution in [1.29, 1.82) is 0 Å². The van der Waals surface area contributed by atoms with E-state index in [1.807, 2.05) is 30.3 Å². The lowest BCUT2D eigenvalue weighted by atomic mass is 10.1. The summed E-state index contributed by atoms with van der Waals surface area (Å²) in [4.78, 5) is 4.30. The number of aromatic nitrogens is 1. The van der Waals surface area contributed by atoms with Gasteiger partial charge in [0.15, 0.2) is 0 Å². The number of rotatable bonds is 6. The fraction of sp³-hybridized carbons (Fsp3) is 0.308. The van der Waals surface area contributed by atoms with Gasteiger partial charge in [0.1, 0.15) is 0 Å². The molecular formula is C13H17N3O2S. The summed E-state index contributed by atoms with van der Waals surface area (Å²) >= 11 is 0. The predicted octanol–water partition coefficient (Wildman–Crippen LogP) is 0.874. The summed E-state index contributed by atoms with van der Waals surface area (Å²) in [6.45, 7) is 1.67. The Hall–Kier alpha value is -1.50. The van der Waals surface area contributed by atoms with Crippen LogP contribution in [0, 0.1) is 0 Å². The highest BCUT2D eigenvalue weighted by atomic mass is 32.2. The highest BCUT2D eigenvalue weighted by molar-refractivity contribution is 7.88. The highest BCUT2D eigenvalue weighted by Crippen LogP contribution is 2.15. The average Bonchev–Trinajstić information content (AvgIpc) is 2.37. The van der Waals surface area contributed by atoms with E-state index in [2.05, 4.69) is 15.0 Å². The molecule has 2 aromatic rings. The second-order valence-corrected chi connectivity index (χ2v) is 6.16. The number of pyridine rings is 1. The van der Waals surface area contributed by atoms with Crippen molar-refractivity contribution in [3.63, 3.8) is 0 Å². The molecule has 0 saturated carbocycles. The van der Waals surface area contributed by atoms with Gasteiger partial charge < -0.3 is 5.32 Å². The third kappa shape index (κ3) is 4.27. The zero-order valence-electron chi connectivity index (χ0n) is 10.8. The lowest BCUT2D eigenvalue weighted by molar-refractivity contribution is 0.582. The van der Waals surface area contributed by atoms with Gasteiger partial charge in [-0.05, 0) is 17.7 Å². The molecule has 0 saturated heterocycles. The molecule has 0 bridgehead atoms. The maximum atomic E-state index is 10.9. The number of para-hydroxylation sites is 1. The zero-order chi connectivity index (χ0) is 13.7. The summed E-state index contributed by atoms with van der Waals surface area (Å²) < 4.78 is 24.2. The van der Waals surface area contributed by atoms with E-state index in [1.165, 1.54) is 0 Å². The smallest absolute Gasteiger partial charge is 0.208 e. The molecule has 19 heavy (non-hydrogen) atoms. The second kappa shape index (κ2) is 6.10. The summed E-state index contributed by atoms with van der Waals surface area (Å²) in [5.41, 5.74) is 2.13. The number of sulfonamides is 1. The van der Waals surface area contributed by atoms with Gasteiger partial charge in [0.2, 0.25) is 10.0 Å². The number of benzene rings is 1. The van der Waals surface area contributed by atoms with Crippen molar-refractivity contribution in [3.8, 4) is 0 Å². The largest absolute Gasteiger partial charge is 0.311 e. The molecule has 2 N–H and O–H groups in total. The van der Waals surface area contributed by atoms with Gasteiger partial charge in [0.25, 0.3) is 0 Å². The maximum Gasteiger partial charge on any atom is 0.208 e. The van der Waals surface area contributed by atoms with Gasteiger partial charge in [-0.3, -0.25) is 4.98 Å². The zero-order valence-corrected chi connectivity index (χ0v) is 11.6. The minimum absolute atomic E-state index is 0.391. The SMILES string of the molecule is CS(=O)(=O)NCCNCc1ccnc2ccccc12. The van der Waals surface area contributed by atoms with Gasteiger partial charge in [-0.2, -0.15) is 0 Å². The first kappa shape index (κ1) is 13.9. The van der Waals surface area contributed by atoms with Crippen LogP contribution in [0.15, 0.2) is 36.5 Å². The van der Waals surface area contributed by atoms with Crippen molar-refractivity contribution < 1.29 is 8.42 Å². The van der Waals surface area contributed by atoms with Crippen LogP contribution in [0.3, 0.4) is 0 Å². The van der Waals surface area contributed by atoms with Gasteiger partial charge in [0.05, 0.1) is 11.8 Å². The Morgan fingerprint density at radius 3 is 2.74 bits per heavy atom. The van der Waals surface area contributed by atoms with Gasteiger partial charge in [-0.1, -0.05) is 18.2 Å². The van der Waals surface area contributed by atoms with E-state index < -0.39 is 10.0 Å². The number of nitrogens with one attached hydrogen (secondary N) is 2. The quantitative estimate of drug-likeness (QED) is 0.770. The van der Waals surface area contributed by atoms with Crippen molar-refractivity contribution in [2.75, 3.05) is 19.3 Å². The molecule has 0 amide bonds. The molecular weight excluding hydrogens is 262 g/mol. The number of fused-ring (bicyclic) bond motifs is 1. The second-order valence-electron chi connectivity index (χ2n) is 4.33. The van der Waals surface area contributed by atoms with Crippen molar-refractivity contribution in [2.24, 2.45) is 0 Å². The van der Waals surface area contributed by atoms with Crippen LogP contribution in [0.5, 0.6) is 0 Å². The van der Waals surface area contributed by atoms with Crippen LogP contribution in [-0.2, 0) is 16.6 Å². The Morgan fingerprint density at radius 1 is 1.16 bits per heavy atom. The van der Waals surface area contributed by atoms with Gasteiger partial charge in [0, 0.05) is 31.2 Å². The molecule has 0 aliphatic rings. The maximum absolute atomic E-state index is 10.9. The van der Waals surface area contributed by atoms with E-state index in [4.69, 9.17) is 0 Å². The van der Waals surface area contributed by atoms with Crippen LogP contribution < -0.4 is 10.0 Å². The average molecular weight is 279 g/mol. The molecule has 0 unspecified atom stereocenters. The van der Waals surface area contributed by atoms with Crippen LogP contribution in [0.4, 0.5) is 0 Å². The van der Waals surface area contributed by atoms with Crippen LogP contribution in [0.25, 0.3) is 10.9 Å². The monoisotopic (exact) mass is 279 g/mol. The molecule has 102 valence electrons. The topological polar surface area (TPSA) is 71.1 Å². The summed E-state index contributed by atoms with van der Waals surface area (Å²) in [5.74, 6) is 0. The third-order valence-corrected chi connectivity index (χ3v) is 3.45. The van der Waals surface area contributed by atoms with E-state index in [9.17, 15) is 8.42 Å². The van der Waals surface area contributed by atoms with Crippen LogP contribution in [-0.4, -0.2) is 32.7 Å². The van der Waals surface area contributed by atoms with E-state index >= 15 is 0 Å². The first-order valence-electron chi connectivity index (χ1n) is 6.04. The van der Waals surface area contributed by atoms with Crippen LogP contribution >= 0.6 is 0 Å². The van der Waals surface area contributed by atoms with Crippen molar-refractivity contribution in [1.82, 2.24) is 15.0 Å². The fourth-order valence-electron chi connectivity index (χ4n) is 1.86. The minimum atomic E-state index is -3.10. The summed E-state index contributed by atoms with van der Waals surface area (Å²) in [5, 5.41) is 4.33. The molecule has 0 spiro atoms. The molecule has 2 rings (SSSR count). The van der Waals surface area contributed by atoms with E-state index in [0.717, 1.165) is 22.7 Å². The first-order valence-corrected chi connectivity index (χ1v) is 7.93. The summed E-state index contributed by atoms with van der Waals surface area (Å²) in [7, 11) is -3.10. The van der Waals surface area contributed by atoms with Gasteiger partial charge >= 0.3 is 0 Å². The molecule has 1 heterocycles. The number of hydrogen-bond donors (Lipinski definition) is 2. The van der Waals surface area contributed by atoms with E-state index in [0.29, 0.717) is 19.6 Å². The lowest BCUT2D eigenvalue weighted by Gasteiger charge is -2.08. The predicted molar refractivity (Wildman–Crippen MR) is 76.3 cm³/mol. The molecule has 0 aliphatic heterocycles. The van der Waals surface area contributed by atoms with Crippen LogP contribution in [0.2, 0.25) is 0 Å². The van der Waals surface area contributed by atoms with Crippen LogP contribution in [0.1, 0.15) is 5.56 Å². The normalized spacial score (nSPS) is 11.8. The molecule has 1 aromatic heterocycles. The fourth-order valence-corrected chi connectivity index (χ4v) is 2.33. The molecule has 0 fully saturated rings. The van der Waals surface area contributed by atoms with Gasteiger partial charge in [-0.15, -0.1) is 0 Å². The Bertz CT molecular complexity index is 650. The first-order chi connectivity index (χ1) is 9.06. The lowest BCUT2D eigenvalue weighted by Crippen LogP contribution is -2.30. The summed E-state index contributed by atoms with van der Waals surface area (Å²) in [6, 6.07) is 9.93. The van der Waals surface area contributed by atoms with Crippen molar-refractivity contribution in [3.05, 3.63) is 42.1 Å². The molecule has 0 radical (unpaired) electrons. The van der Waals surface area contributed by atoms with E-state index in [1.54, 1.807) is 6.20 Å².